The third-order valence-corrected chi connectivity index (χ3v) is 5.75. The van der Waals surface area contributed by atoms with Crippen LogP contribution in [0.5, 0.6) is 0 Å². The van der Waals surface area contributed by atoms with Gasteiger partial charge in [-0.3, -0.25) is 4.79 Å². The van der Waals surface area contributed by atoms with E-state index in [1.165, 1.54) is 10.5 Å². The maximum atomic E-state index is 12.6. The molecule has 2 aliphatic rings. The highest BCUT2D eigenvalue weighted by Crippen LogP contribution is 2.35. The monoisotopic (exact) mass is 347 g/mol. The third-order valence-electron chi connectivity index (χ3n) is 4.63. The van der Waals surface area contributed by atoms with E-state index in [2.05, 4.69) is 17.4 Å². The molecular formula is C18H25N3O2S. The first kappa shape index (κ1) is 17.1. The Hall–Kier alpha value is -1.69. The largest absolute Gasteiger partial charge is 0.339 e. The first-order chi connectivity index (χ1) is 11.6. The number of urea groups is 1. The number of carbonyl (C=O) groups is 2. The number of fused-ring (bicyclic) bond motifs is 1. The number of nitrogens with one attached hydrogen (secondary N) is 1. The molecule has 3 amide bonds. The summed E-state index contributed by atoms with van der Waals surface area (Å²) in [7, 11) is 0. The van der Waals surface area contributed by atoms with Crippen LogP contribution in [0.25, 0.3) is 0 Å². The third kappa shape index (κ3) is 3.69. The summed E-state index contributed by atoms with van der Waals surface area (Å²) < 4.78 is 0. The van der Waals surface area contributed by atoms with E-state index >= 15 is 0 Å². The van der Waals surface area contributed by atoms with Crippen molar-refractivity contribution >= 4 is 23.7 Å². The maximum absolute atomic E-state index is 12.6. The topological polar surface area (TPSA) is 52.7 Å². The van der Waals surface area contributed by atoms with Gasteiger partial charge in [-0.2, -0.15) is 0 Å². The molecule has 6 heteroatoms. The summed E-state index contributed by atoms with van der Waals surface area (Å²) in [5.74, 6) is 1.22. The van der Waals surface area contributed by atoms with Gasteiger partial charge < -0.3 is 15.1 Å². The van der Waals surface area contributed by atoms with Crippen molar-refractivity contribution in [3.8, 4) is 0 Å². The van der Waals surface area contributed by atoms with E-state index in [0.29, 0.717) is 26.2 Å². The number of thioether (sulfide) groups is 1. The van der Waals surface area contributed by atoms with Gasteiger partial charge in [-0.05, 0) is 18.1 Å². The van der Waals surface area contributed by atoms with Crippen LogP contribution < -0.4 is 5.32 Å². The van der Waals surface area contributed by atoms with Gasteiger partial charge in [0.2, 0.25) is 5.91 Å². The van der Waals surface area contributed by atoms with Crippen LogP contribution >= 0.6 is 11.8 Å². The highest BCUT2D eigenvalue weighted by molar-refractivity contribution is 7.99. The first-order valence-corrected chi connectivity index (χ1v) is 9.61. The fraction of sp³-hybridized carbons (Fsp3) is 0.556. The van der Waals surface area contributed by atoms with Crippen LogP contribution in [-0.2, 0) is 4.79 Å². The lowest BCUT2D eigenvalue weighted by Gasteiger charge is -2.36. The number of hydrogen-bond acceptors (Lipinski definition) is 3. The number of nitrogens with zero attached hydrogens (tertiary/aromatic N) is 2. The minimum absolute atomic E-state index is 0.0154. The van der Waals surface area contributed by atoms with Crippen molar-refractivity contribution in [1.82, 2.24) is 15.1 Å². The molecule has 130 valence electrons. The number of hydrogen-bond donors (Lipinski definition) is 1. The Kier molecular flexibility index (Phi) is 5.33. The number of carbonyl (C=O) groups excluding carboxylic acids is 2. The zero-order chi connectivity index (χ0) is 17.1. The minimum atomic E-state index is -0.0154. The zero-order valence-electron chi connectivity index (χ0n) is 14.3. The van der Waals surface area contributed by atoms with E-state index < -0.39 is 0 Å². The van der Waals surface area contributed by atoms with Gasteiger partial charge in [0.25, 0.3) is 0 Å². The lowest BCUT2D eigenvalue weighted by Crippen LogP contribution is -2.54. The fourth-order valence-corrected chi connectivity index (χ4v) is 4.35. The molecule has 0 radical (unpaired) electrons. The summed E-state index contributed by atoms with van der Waals surface area (Å²) in [4.78, 5) is 29.6. The van der Waals surface area contributed by atoms with Gasteiger partial charge in [-0.25, -0.2) is 4.79 Å². The van der Waals surface area contributed by atoms with Crippen molar-refractivity contribution in [3.05, 3.63) is 29.8 Å². The molecule has 1 fully saturated rings. The smallest absolute Gasteiger partial charge is 0.318 e. The summed E-state index contributed by atoms with van der Waals surface area (Å²) in [6.45, 7) is 6.30. The van der Waals surface area contributed by atoms with Crippen LogP contribution in [0.15, 0.2) is 29.2 Å². The summed E-state index contributed by atoms with van der Waals surface area (Å²) in [6.07, 6.45) is 0.958. The Morgan fingerprint density at radius 3 is 2.50 bits per heavy atom. The Balaban J connectivity index is 1.57. The molecule has 1 N–H and O–H groups in total. The van der Waals surface area contributed by atoms with Crippen molar-refractivity contribution in [2.75, 3.05) is 31.9 Å². The van der Waals surface area contributed by atoms with Crippen molar-refractivity contribution in [1.29, 1.82) is 0 Å². The predicted octanol–water partition coefficient (Wildman–Crippen LogP) is 2.73. The van der Waals surface area contributed by atoms with Crippen LogP contribution in [0, 0.1) is 5.92 Å². The van der Waals surface area contributed by atoms with Gasteiger partial charge in [-0.15, -0.1) is 11.8 Å². The van der Waals surface area contributed by atoms with Crippen LogP contribution in [-0.4, -0.2) is 53.7 Å². The fourth-order valence-electron chi connectivity index (χ4n) is 3.23. The van der Waals surface area contributed by atoms with E-state index in [1.807, 2.05) is 47.5 Å². The minimum Gasteiger partial charge on any atom is -0.339 e. The van der Waals surface area contributed by atoms with E-state index in [9.17, 15) is 9.59 Å². The molecule has 0 spiro atoms. The molecule has 2 aliphatic heterocycles. The highest BCUT2D eigenvalue weighted by Gasteiger charge is 2.28. The average Bonchev–Trinajstić information content (AvgIpc) is 2.61. The van der Waals surface area contributed by atoms with Crippen molar-refractivity contribution in [2.24, 2.45) is 5.92 Å². The molecular weight excluding hydrogens is 322 g/mol. The molecule has 0 saturated carbocycles. The second-order valence-corrected chi connectivity index (χ2v) is 7.78. The molecule has 3 rings (SSSR count). The Morgan fingerprint density at radius 2 is 1.79 bits per heavy atom. The summed E-state index contributed by atoms with van der Waals surface area (Å²) in [6, 6.07) is 8.37. The Bertz CT molecular complexity index is 612. The molecule has 1 atom stereocenters. The summed E-state index contributed by atoms with van der Waals surface area (Å²) >= 11 is 1.85. The molecule has 1 aromatic rings. The SMILES string of the molecule is CC(C)C(=O)N1CCN(C(=O)N[C@H]2CCSc3ccccc32)CC1. The van der Waals surface area contributed by atoms with E-state index in [1.54, 1.807) is 0 Å². The summed E-state index contributed by atoms with van der Waals surface area (Å²) in [5.41, 5.74) is 1.22. The molecule has 5 nitrogen and oxygen atoms in total. The highest BCUT2D eigenvalue weighted by atomic mass is 32.2. The number of piperazine rings is 1. The molecule has 0 aromatic heterocycles. The molecule has 2 heterocycles. The van der Waals surface area contributed by atoms with Gasteiger partial charge in [0.05, 0.1) is 6.04 Å². The zero-order valence-corrected chi connectivity index (χ0v) is 15.1. The van der Waals surface area contributed by atoms with E-state index in [0.717, 1.165) is 12.2 Å². The predicted molar refractivity (Wildman–Crippen MR) is 96.0 cm³/mol. The van der Waals surface area contributed by atoms with Gasteiger partial charge in [-0.1, -0.05) is 32.0 Å². The molecule has 0 bridgehead atoms. The van der Waals surface area contributed by atoms with Crippen LogP contribution in [0.4, 0.5) is 4.79 Å². The number of rotatable bonds is 2. The molecule has 1 saturated heterocycles. The molecule has 0 unspecified atom stereocenters. The molecule has 0 aliphatic carbocycles. The van der Waals surface area contributed by atoms with Crippen molar-refractivity contribution < 1.29 is 9.59 Å². The first-order valence-electron chi connectivity index (χ1n) is 8.62. The summed E-state index contributed by atoms with van der Waals surface area (Å²) in [5, 5.41) is 3.18. The van der Waals surface area contributed by atoms with Gasteiger partial charge >= 0.3 is 6.03 Å². The lowest BCUT2D eigenvalue weighted by atomic mass is 10.0. The maximum Gasteiger partial charge on any atom is 0.318 e. The molecule has 24 heavy (non-hydrogen) atoms. The standard InChI is InChI=1S/C18H25N3O2S/c1-13(2)17(22)20-8-10-21(11-9-20)18(23)19-15-7-12-24-16-6-4-3-5-14(15)16/h3-6,13,15H,7-12H2,1-2H3,(H,19,23)/t15-/m0/s1. The van der Waals surface area contributed by atoms with E-state index in [4.69, 9.17) is 0 Å². The van der Waals surface area contributed by atoms with Crippen LogP contribution in [0.2, 0.25) is 0 Å². The second-order valence-electron chi connectivity index (χ2n) is 6.64. The number of benzene rings is 1. The van der Waals surface area contributed by atoms with Gasteiger partial charge in [0.15, 0.2) is 0 Å². The molecule has 1 aromatic carbocycles. The van der Waals surface area contributed by atoms with Gasteiger partial charge in [0.1, 0.15) is 0 Å². The average molecular weight is 347 g/mol. The van der Waals surface area contributed by atoms with Crippen molar-refractivity contribution in [2.45, 2.75) is 31.2 Å². The van der Waals surface area contributed by atoms with Crippen LogP contribution in [0.3, 0.4) is 0 Å². The van der Waals surface area contributed by atoms with Crippen molar-refractivity contribution in [3.63, 3.8) is 0 Å². The second kappa shape index (κ2) is 7.47. The normalized spacial score (nSPS) is 20.7. The lowest BCUT2D eigenvalue weighted by molar-refractivity contribution is -0.135. The number of amides is 3. The van der Waals surface area contributed by atoms with Gasteiger partial charge in [0, 0.05) is 42.7 Å². The Labute approximate surface area is 147 Å². The quantitative estimate of drug-likeness (QED) is 0.895. The van der Waals surface area contributed by atoms with E-state index in [-0.39, 0.29) is 23.9 Å². The van der Waals surface area contributed by atoms with Crippen LogP contribution in [0.1, 0.15) is 31.9 Å². The Morgan fingerprint density at radius 1 is 1.12 bits per heavy atom.